The Labute approximate surface area is 166 Å². The Morgan fingerprint density at radius 1 is 1.21 bits per heavy atom. The van der Waals surface area contributed by atoms with Crippen LogP contribution < -0.4 is 0 Å². The maximum atomic E-state index is 12.8. The van der Waals surface area contributed by atoms with Gasteiger partial charge in [-0.05, 0) is 51.5 Å². The normalized spacial score (nSPS) is 21.1. The molecule has 0 radical (unpaired) electrons. The third kappa shape index (κ3) is 4.12. The van der Waals surface area contributed by atoms with Crippen molar-refractivity contribution in [3.8, 4) is 11.1 Å². The lowest BCUT2D eigenvalue weighted by molar-refractivity contribution is -0.134. The molecule has 0 spiro atoms. The number of nitrogens with zero attached hydrogens (tertiary/aromatic N) is 3. The van der Waals surface area contributed by atoms with Crippen LogP contribution in [0.2, 0.25) is 0 Å². The van der Waals surface area contributed by atoms with Gasteiger partial charge in [0.2, 0.25) is 5.91 Å². The zero-order valence-corrected chi connectivity index (χ0v) is 16.8. The van der Waals surface area contributed by atoms with E-state index in [4.69, 9.17) is 14.2 Å². The fourth-order valence-corrected chi connectivity index (χ4v) is 4.46. The molecular formula is C22H29N3O3. The minimum absolute atomic E-state index is 0.295. The van der Waals surface area contributed by atoms with E-state index >= 15 is 0 Å². The molecule has 4 rings (SSSR count). The number of hydrogen-bond donors (Lipinski definition) is 0. The van der Waals surface area contributed by atoms with E-state index < -0.39 is 0 Å². The highest BCUT2D eigenvalue weighted by atomic mass is 16.5. The van der Waals surface area contributed by atoms with E-state index in [0.717, 1.165) is 80.3 Å². The van der Waals surface area contributed by atoms with Crippen molar-refractivity contribution in [1.29, 1.82) is 0 Å². The lowest BCUT2D eigenvalue weighted by Gasteiger charge is -2.34. The summed E-state index contributed by atoms with van der Waals surface area (Å²) in [5.74, 6) is 1.90. The molecule has 2 aromatic heterocycles. The number of piperidine rings is 1. The molecule has 0 aromatic carbocycles. The first-order chi connectivity index (χ1) is 13.6. The maximum Gasteiger partial charge on any atom is 0.222 e. The van der Waals surface area contributed by atoms with Crippen LogP contribution in [-0.2, 0) is 9.53 Å². The third-order valence-corrected chi connectivity index (χ3v) is 6.10. The van der Waals surface area contributed by atoms with Gasteiger partial charge in [0, 0.05) is 61.7 Å². The highest BCUT2D eigenvalue weighted by molar-refractivity contribution is 5.76. The van der Waals surface area contributed by atoms with Gasteiger partial charge in [0.25, 0.3) is 0 Å². The average Bonchev–Trinajstić information content (AvgIpc) is 3.07. The van der Waals surface area contributed by atoms with Crippen molar-refractivity contribution in [3.63, 3.8) is 0 Å². The minimum atomic E-state index is 0.295. The van der Waals surface area contributed by atoms with Gasteiger partial charge in [-0.3, -0.25) is 9.78 Å². The van der Waals surface area contributed by atoms with Crippen molar-refractivity contribution in [2.75, 3.05) is 26.3 Å². The molecule has 150 valence electrons. The molecule has 2 aliphatic rings. The molecule has 1 amide bonds. The molecule has 4 heterocycles. The largest absolute Gasteiger partial charge is 0.381 e. The molecule has 2 aliphatic heterocycles. The summed E-state index contributed by atoms with van der Waals surface area (Å²) in [4.78, 5) is 19.6. The molecule has 28 heavy (non-hydrogen) atoms. The van der Waals surface area contributed by atoms with Gasteiger partial charge in [0.05, 0.1) is 5.69 Å². The summed E-state index contributed by atoms with van der Waals surface area (Å²) in [7, 11) is 0. The lowest BCUT2D eigenvalue weighted by atomic mass is 9.91. The zero-order chi connectivity index (χ0) is 19.5. The maximum absolute atomic E-state index is 12.8. The summed E-state index contributed by atoms with van der Waals surface area (Å²) in [5, 5.41) is 4.03. The Balaban J connectivity index is 1.41. The molecule has 0 saturated carbocycles. The zero-order valence-electron chi connectivity index (χ0n) is 16.8. The summed E-state index contributed by atoms with van der Waals surface area (Å²) in [6, 6.07) is 4.19. The highest BCUT2D eigenvalue weighted by Gasteiger charge is 2.27. The number of aromatic nitrogens is 2. The van der Waals surface area contributed by atoms with Crippen molar-refractivity contribution < 1.29 is 14.1 Å². The van der Waals surface area contributed by atoms with E-state index in [9.17, 15) is 4.79 Å². The standard InChI is InChI=1S/C22H29N3O3/c1-15-22(16(2)28-24-15)18-5-6-20(23-13-18)19-4-3-9-25(14-19)21(26)12-17-7-10-27-11-8-17/h5-6,13,17,19H,3-4,7-12,14H2,1-2H3/t19-/m1/s1. The lowest BCUT2D eigenvalue weighted by Crippen LogP contribution is -2.40. The van der Waals surface area contributed by atoms with Gasteiger partial charge in [-0.25, -0.2) is 0 Å². The predicted molar refractivity (Wildman–Crippen MR) is 106 cm³/mol. The van der Waals surface area contributed by atoms with Gasteiger partial charge < -0.3 is 14.2 Å². The van der Waals surface area contributed by atoms with Crippen LogP contribution in [0.4, 0.5) is 0 Å². The predicted octanol–water partition coefficient (Wildman–Crippen LogP) is 3.88. The molecule has 2 aromatic rings. The van der Waals surface area contributed by atoms with Crippen LogP contribution in [-0.4, -0.2) is 47.3 Å². The fraction of sp³-hybridized carbons (Fsp3) is 0.591. The molecule has 0 aliphatic carbocycles. The molecule has 0 bridgehead atoms. The Hall–Kier alpha value is -2.21. The number of carbonyl (C=O) groups is 1. The second-order valence-electron chi connectivity index (χ2n) is 8.11. The first-order valence-corrected chi connectivity index (χ1v) is 10.4. The fourth-order valence-electron chi connectivity index (χ4n) is 4.46. The second kappa shape index (κ2) is 8.43. The Bertz CT molecular complexity index is 789. The van der Waals surface area contributed by atoms with Crippen LogP contribution in [0.1, 0.15) is 55.2 Å². The Kier molecular flexibility index (Phi) is 5.76. The van der Waals surface area contributed by atoms with Crippen molar-refractivity contribution in [3.05, 3.63) is 35.5 Å². The van der Waals surface area contributed by atoms with Crippen molar-refractivity contribution in [2.45, 2.75) is 51.9 Å². The SMILES string of the molecule is Cc1noc(C)c1-c1ccc([C@@H]2CCCN(C(=O)CC3CCOCC3)C2)nc1. The number of likely N-dealkylation sites (tertiary alicyclic amines) is 1. The minimum Gasteiger partial charge on any atom is -0.381 e. The van der Waals surface area contributed by atoms with Crippen molar-refractivity contribution in [1.82, 2.24) is 15.0 Å². The number of carbonyl (C=O) groups excluding carboxylic acids is 1. The summed E-state index contributed by atoms with van der Waals surface area (Å²) in [5.41, 5.74) is 4.01. The third-order valence-electron chi connectivity index (χ3n) is 6.10. The van der Waals surface area contributed by atoms with Crippen molar-refractivity contribution >= 4 is 5.91 Å². The number of pyridine rings is 1. The highest BCUT2D eigenvalue weighted by Crippen LogP contribution is 2.30. The van der Waals surface area contributed by atoms with E-state index in [2.05, 4.69) is 17.3 Å². The van der Waals surface area contributed by atoms with Crippen LogP contribution in [0, 0.1) is 19.8 Å². The van der Waals surface area contributed by atoms with Gasteiger partial charge in [0.15, 0.2) is 0 Å². The number of hydrogen-bond acceptors (Lipinski definition) is 5. The molecule has 0 N–H and O–H groups in total. The van der Waals surface area contributed by atoms with Crippen LogP contribution in [0.5, 0.6) is 0 Å². The van der Waals surface area contributed by atoms with Crippen molar-refractivity contribution in [2.24, 2.45) is 5.92 Å². The Morgan fingerprint density at radius 3 is 2.71 bits per heavy atom. The molecular weight excluding hydrogens is 354 g/mol. The molecule has 0 unspecified atom stereocenters. The number of ether oxygens (including phenoxy) is 1. The second-order valence-corrected chi connectivity index (χ2v) is 8.11. The van der Waals surface area contributed by atoms with Gasteiger partial charge in [-0.2, -0.15) is 0 Å². The Morgan fingerprint density at radius 2 is 2.04 bits per heavy atom. The van der Waals surface area contributed by atoms with E-state index in [0.29, 0.717) is 24.2 Å². The van der Waals surface area contributed by atoms with Crippen LogP contribution in [0.25, 0.3) is 11.1 Å². The monoisotopic (exact) mass is 383 g/mol. The number of amides is 1. The van der Waals surface area contributed by atoms with E-state index in [1.165, 1.54) is 0 Å². The average molecular weight is 383 g/mol. The summed E-state index contributed by atoms with van der Waals surface area (Å²) in [6.45, 7) is 7.11. The van der Waals surface area contributed by atoms with Crippen LogP contribution in [0.3, 0.4) is 0 Å². The molecule has 2 saturated heterocycles. The quantitative estimate of drug-likeness (QED) is 0.801. The van der Waals surface area contributed by atoms with E-state index in [1.54, 1.807) is 0 Å². The van der Waals surface area contributed by atoms with Crippen LogP contribution >= 0.6 is 0 Å². The molecule has 1 atom stereocenters. The number of rotatable bonds is 4. The van der Waals surface area contributed by atoms with Gasteiger partial charge >= 0.3 is 0 Å². The van der Waals surface area contributed by atoms with Crippen LogP contribution in [0.15, 0.2) is 22.9 Å². The van der Waals surface area contributed by atoms with Gasteiger partial charge in [0.1, 0.15) is 5.76 Å². The van der Waals surface area contributed by atoms with E-state index in [1.807, 2.05) is 24.9 Å². The topological polar surface area (TPSA) is 68.5 Å². The smallest absolute Gasteiger partial charge is 0.222 e. The number of aryl methyl sites for hydroxylation is 2. The van der Waals surface area contributed by atoms with Gasteiger partial charge in [-0.1, -0.05) is 11.2 Å². The summed E-state index contributed by atoms with van der Waals surface area (Å²) in [6.07, 6.45) is 6.71. The summed E-state index contributed by atoms with van der Waals surface area (Å²) >= 11 is 0. The molecule has 6 heteroatoms. The summed E-state index contributed by atoms with van der Waals surface area (Å²) < 4.78 is 10.7. The molecule has 2 fully saturated rings. The first-order valence-electron chi connectivity index (χ1n) is 10.4. The first kappa shape index (κ1) is 19.1. The van der Waals surface area contributed by atoms with Gasteiger partial charge in [-0.15, -0.1) is 0 Å². The van der Waals surface area contributed by atoms with E-state index in [-0.39, 0.29) is 0 Å². The molecule has 6 nitrogen and oxygen atoms in total.